The molecule has 0 aliphatic rings. The molecule has 0 atom stereocenters. The van der Waals surface area contributed by atoms with Gasteiger partial charge >= 0.3 is 0 Å². The number of pyridine rings is 1. The first-order chi connectivity index (χ1) is 12.1. The first-order valence-electron chi connectivity index (χ1n) is 8.39. The zero-order valence-corrected chi connectivity index (χ0v) is 14.6. The van der Waals surface area contributed by atoms with Crippen molar-refractivity contribution in [2.45, 2.75) is 12.8 Å². The van der Waals surface area contributed by atoms with E-state index in [-0.39, 0.29) is 5.91 Å². The Balaban J connectivity index is 1.57. The van der Waals surface area contributed by atoms with E-state index in [0.29, 0.717) is 12.1 Å². The number of aryl methyl sites for hydroxylation is 2. The van der Waals surface area contributed by atoms with Crippen molar-refractivity contribution >= 4 is 5.91 Å². The van der Waals surface area contributed by atoms with Crippen molar-refractivity contribution in [3.8, 4) is 11.3 Å². The third-order valence-corrected chi connectivity index (χ3v) is 4.18. The highest BCUT2D eigenvalue weighted by atomic mass is 16.2. The Bertz CT molecular complexity index is 827. The number of aromatic nitrogens is 3. The van der Waals surface area contributed by atoms with Crippen molar-refractivity contribution in [2.75, 3.05) is 13.6 Å². The van der Waals surface area contributed by atoms with Gasteiger partial charge in [-0.15, -0.1) is 0 Å². The highest BCUT2D eigenvalue weighted by molar-refractivity contribution is 5.93. The van der Waals surface area contributed by atoms with Gasteiger partial charge in [0.2, 0.25) is 0 Å². The van der Waals surface area contributed by atoms with Crippen LogP contribution < -0.4 is 0 Å². The van der Waals surface area contributed by atoms with Crippen LogP contribution in [0, 0.1) is 0 Å². The Hall–Kier alpha value is -2.95. The Kier molecular flexibility index (Phi) is 5.23. The van der Waals surface area contributed by atoms with Crippen LogP contribution in [0.5, 0.6) is 0 Å². The molecule has 5 nitrogen and oxygen atoms in total. The highest BCUT2D eigenvalue weighted by Crippen LogP contribution is 2.20. The first kappa shape index (κ1) is 16.9. The van der Waals surface area contributed by atoms with Crippen molar-refractivity contribution < 1.29 is 4.79 Å². The van der Waals surface area contributed by atoms with Gasteiger partial charge in [-0.05, 0) is 36.6 Å². The average molecular weight is 334 g/mol. The summed E-state index contributed by atoms with van der Waals surface area (Å²) in [5.41, 5.74) is 3.93. The van der Waals surface area contributed by atoms with E-state index < -0.39 is 0 Å². The molecule has 0 spiro atoms. The fraction of sp³-hybridized carbons (Fsp3) is 0.250. The predicted molar refractivity (Wildman–Crippen MR) is 98.2 cm³/mol. The summed E-state index contributed by atoms with van der Waals surface area (Å²) in [6.45, 7) is 0.685. The monoisotopic (exact) mass is 334 g/mol. The Morgan fingerprint density at radius 1 is 1.16 bits per heavy atom. The molecule has 0 aliphatic carbocycles. The molecule has 1 aromatic carbocycles. The van der Waals surface area contributed by atoms with Crippen LogP contribution in [-0.2, 0) is 13.5 Å². The highest BCUT2D eigenvalue weighted by Gasteiger charge is 2.12. The molecule has 25 heavy (non-hydrogen) atoms. The molecule has 0 radical (unpaired) electrons. The number of amides is 1. The molecule has 0 N–H and O–H groups in total. The molecule has 3 aromatic rings. The number of carbonyl (C=O) groups is 1. The quantitative estimate of drug-likeness (QED) is 0.696. The summed E-state index contributed by atoms with van der Waals surface area (Å²) in [7, 11) is 3.78. The van der Waals surface area contributed by atoms with E-state index in [9.17, 15) is 4.79 Å². The SMILES string of the molecule is CN(CCCc1cc(-c2ccccc2)n(C)n1)C(=O)c1cccnc1. The van der Waals surface area contributed by atoms with Crippen LogP contribution >= 0.6 is 0 Å². The van der Waals surface area contributed by atoms with Crippen LogP contribution in [0.4, 0.5) is 0 Å². The zero-order valence-electron chi connectivity index (χ0n) is 14.6. The van der Waals surface area contributed by atoms with Crippen LogP contribution in [0.2, 0.25) is 0 Å². The maximum absolute atomic E-state index is 12.3. The number of rotatable bonds is 6. The Morgan fingerprint density at radius 2 is 1.96 bits per heavy atom. The molecular formula is C20H22N4O. The van der Waals surface area contributed by atoms with Crippen LogP contribution in [0.15, 0.2) is 60.9 Å². The van der Waals surface area contributed by atoms with E-state index in [1.54, 1.807) is 29.4 Å². The summed E-state index contributed by atoms with van der Waals surface area (Å²) >= 11 is 0. The van der Waals surface area contributed by atoms with Crippen molar-refractivity contribution in [1.82, 2.24) is 19.7 Å². The molecule has 0 saturated carbocycles. The smallest absolute Gasteiger partial charge is 0.255 e. The topological polar surface area (TPSA) is 51.0 Å². The molecule has 0 bridgehead atoms. The van der Waals surface area contributed by atoms with E-state index in [2.05, 4.69) is 28.3 Å². The summed E-state index contributed by atoms with van der Waals surface area (Å²) in [5.74, 6) is -0.000838. The van der Waals surface area contributed by atoms with E-state index in [1.807, 2.05) is 37.0 Å². The van der Waals surface area contributed by atoms with Crippen LogP contribution in [-0.4, -0.2) is 39.2 Å². The molecular weight excluding hydrogens is 312 g/mol. The number of hydrogen-bond donors (Lipinski definition) is 0. The predicted octanol–water partition coefficient (Wildman–Crippen LogP) is 3.19. The van der Waals surface area contributed by atoms with E-state index in [4.69, 9.17) is 0 Å². The zero-order chi connectivity index (χ0) is 17.6. The van der Waals surface area contributed by atoms with Gasteiger partial charge in [0.25, 0.3) is 5.91 Å². The summed E-state index contributed by atoms with van der Waals surface area (Å²) < 4.78 is 1.91. The van der Waals surface area contributed by atoms with Crippen molar-refractivity contribution in [1.29, 1.82) is 0 Å². The molecule has 0 unspecified atom stereocenters. The fourth-order valence-electron chi connectivity index (χ4n) is 2.84. The lowest BCUT2D eigenvalue weighted by Gasteiger charge is -2.16. The van der Waals surface area contributed by atoms with E-state index in [0.717, 1.165) is 29.8 Å². The average Bonchev–Trinajstić information content (AvgIpc) is 3.03. The third kappa shape index (κ3) is 4.12. The molecule has 0 aliphatic heterocycles. The molecule has 2 aromatic heterocycles. The largest absolute Gasteiger partial charge is 0.342 e. The number of benzene rings is 1. The number of hydrogen-bond acceptors (Lipinski definition) is 3. The molecule has 128 valence electrons. The lowest BCUT2D eigenvalue weighted by molar-refractivity contribution is 0.0793. The van der Waals surface area contributed by atoms with Crippen molar-refractivity contribution in [3.63, 3.8) is 0 Å². The molecule has 5 heteroatoms. The summed E-state index contributed by atoms with van der Waals surface area (Å²) in [6, 6.07) is 15.9. The van der Waals surface area contributed by atoms with Gasteiger partial charge in [-0.1, -0.05) is 30.3 Å². The maximum atomic E-state index is 12.3. The molecule has 0 saturated heterocycles. The van der Waals surface area contributed by atoms with E-state index in [1.165, 1.54) is 0 Å². The first-order valence-corrected chi connectivity index (χ1v) is 8.39. The van der Waals surface area contributed by atoms with Crippen molar-refractivity contribution in [2.24, 2.45) is 7.05 Å². The van der Waals surface area contributed by atoms with Gasteiger partial charge in [0, 0.05) is 33.0 Å². The van der Waals surface area contributed by atoms with Gasteiger partial charge in [0.15, 0.2) is 0 Å². The minimum atomic E-state index is -0.000838. The van der Waals surface area contributed by atoms with Gasteiger partial charge in [0.1, 0.15) is 0 Å². The summed E-state index contributed by atoms with van der Waals surface area (Å²) in [5, 5.41) is 4.59. The fourth-order valence-corrected chi connectivity index (χ4v) is 2.84. The standard InChI is InChI=1S/C20H22N4O/c1-23(20(25)17-10-6-12-21-15-17)13-7-11-18-14-19(24(2)22-18)16-8-4-3-5-9-16/h3-6,8-10,12,14-15H,7,11,13H2,1-2H3. The second-order valence-electron chi connectivity index (χ2n) is 6.08. The lowest BCUT2D eigenvalue weighted by Crippen LogP contribution is -2.28. The minimum absolute atomic E-state index is 0.000838. The van der Waals surface area contributed by atoms with Gasteiger partial charge < -0.3 is 4.90 Å². The molecule has 0 fully saturated rings. The van der Waals surface area contributed by atoms with Crippen LogP contribution in [0.1, 0.15) is 22.5 Å². The van der Waals surface area contributed by atoms with E-state index >= 15 is 0 Å². The Morgan fingerprint density at radius 3 is 2.68 bits per heavy atom. The summed E-state index contributed by atoms with van der Waals surface area (Å²) in [6.07, 6.45) is 4.98. The van der Waals surface area contributed by atoms with Gasteiger partial charge in [-0.25, -0.2) is 0 Å². The summed E-state index contributed by atoms with van der Waals surface area (Å²) in [4.78, 5) is 18.0. The number of carbonyl (C=O) groups excluding carboxylic acids is 1. The third-order valence-electron chi connectivity index (χ3n) is 4.18. The molecule has 3 rings (SSSR count). The second kappa shape index (κ2) is 7.75. The van der Waals surface area contributed by atoms with Gasteiger partial charge in [-0.2, -0.15) is 5.10 Å². The van der Waals surface area contributed by atoms with Gasteiger partial charge in [0.05, 0.1) is 17.0 Å². The number of nitrogens with zero attached hydrogens (tertiary/aromatic N) is 4. The van der Waals surface area contributed by atoms with Crippen LogP contribution in [0.3, 0.4) is 0 Å². The minimum Gasteiger partial charge on any atom is -0.342 e. The lowest BCUT2D eigenvalue weighted by atomic mass is 10.1. The van der Waals surface area contributed by atoms with Crippen molar-refractivity contribution in [3.05, 3.63) is 72.2 Å². The second-order valence-corrected chi connectivity index (χ2v) is 6.08. The van der Waals surface area contributed by atoms with Crippen LogP contribution in [0.25, 0.3) is 11.3 Å². The normalized spacial score (nSPS) is 10.6. The van der Waals surface area contributed by atoms with Gasteiger partial charge in [-0.3, -0.25) is 14.5 Å². The molecule has 2 heterocycles. The Labute approximate surface area is 147 Å². The molecule has 1 amide bonds. The maximum Gasteiger partial charge on any atom is 0.255 e.